The molecule has 26 heavy (non-hydrogen) atoms. The number of carbonyl (C=O) groups is 1. The number of nitrogens with zero attached hydrogens (tertiary/aromatic N) is 1. The van der Waals surface area contributed by atoms with E-state index in [1.54, 1.807) is 12.1 Å². The summed E-state index contributed by atoms with van der Waals surface area (Å²) in [5.41, 5.74) is 1.79. The third-order valence-electron chi connectivity index (χ3n) is 3.95. The highest BCUT2D eigenvalue weighted by Gasteiger charge is 2.18. The molecule has 0 saturated heterocycles. The molecule has 6 heteroatoms. The molecule has 0 spiro atoms. The quantitative estimate of drug-likeness (QED) is 0.552. The second-order valence-corrected chi connectivity index (χ2v) is 5.67. The number of carbonyl (C=O) groups excluding carboxylic acids is 1. The summed E-state index contributed by atoms with van der Waals surface area (Å²) < 4.78 is 13.2. The van der Waals surface area contributed by atoms with E-state index in [-0.39, 0.29) is 17.4 Å². The molecule has 1 unspecified atom stereocenters. The van der Waals surface area contributed by atoms with Gasteiger partial charge in [0.2, 0.25) is 0 Å². The maximum Gasteiger partial charge on any atom is 0.269 e. The first-order valence-electron chi connectivity index (χ1n) is 7.90. The first kappa shape index (κ1) is 17.3. The van der Waals surface area contributed by atoms with Gasteiger partial charge >= 0.3 is 0 Å². The molecule has 0 radical (unpaired) electrons. The van der Waals surface area contributed by atoms with E-state index >= 15 is 0 Å². The van der Waals surface area contributed by atoms with Crippen LogP contribution in [0.1, 0.15) is 27.5 Å². The smallest absolute Gasteiger partial charge is 0.269 e. The molecule has 0 heterocycles. The third-order valence-corrected chi connectivity index (χ3v) is 3.95. The molecule has 0 aliphatic rings. The monoisotopic (exact) mass is 350 g/mol. The van der Waals surface area contributed by atoms with Crippen molar-refractivity contribution in [2.45, 2.75) is 6.04 Å². The van der Waals surface area contributed by atoms with Crippen LogP contribution in [-0.4, -0.2) is 10.8 Å². The Bertz CT molecular complexity index is 910. The van der Waals surface area contributed by atoms with Gasteiger partial charge in [-0.25, -0.2) is 4.39 Å². The molecule has 3 rings (SSSR count). The number of nitrogens with one attached hydrogen (secondary N) is 1. The summed E-state index contributed by atoms with van der Waals surface area (Å²) in [5, 5.41) is 13.6. The van der Waals surface area contributed by atoms with Crippen LogP contribution in [0.15, 0.2) is 78.9 Å². The molecular weight excluding hydrogens is 335 g/mol. The van der Waals surface area contributed by atoms with Gasteiger partial charge in [0.25, 0.3) is 11.6 Å². The zero-order valence-corrected chi connectivity index (χ0v) is 13.6. The summed E-state index contributed by atoms with van der Waals surface area (Å²) in [4.78, 5) is 22.8. The van der Waals surface area contributed by atoms with Gasteiger partial charge in [-0.2, -0.15) is 0 Å². The second kappa shape index (κ2) is 7.57. The zero-order valence-electron chi connectivity index (χ0n) is 13.6. The lowest BCUT2D eigenvalue weighted by atomic mass is 9.98. The van der Waals surface area contributed by atoms with Crippen LogP contribution in [0, 0.1) is 15.9 Å². The minimum atomic E-state index is -0.521. The molecule has 130 valence electrons. The van der Waals surface area contributed by atoms with Crippen LogP contribution in [0.2, 0.25) is 0 Å². The summed E-state index contributed by atoms with van der Waals surface area (Å²) in [6.07, 6.45) is 0. The van der Waals surface area contributed by atoms with Gasteiger partial charge in [0.05, 0.1) is 11.0 Å². The molecular formula is C20H15FN2O3. The van der Waals surface area contributed by atoms with Crippen molar-refractivity contribution in [3.63, 3.8) is 0 Å². The minimum absolute atomic E-state index is 0.0836. The summed E-state index contributed by atoms with van der Waals surface area (Å²) in [7, 11) is 0. The molecule has 0 aliphatic heterocycles. The van der Waals surface area contributed by atoms with Gasteiger partial charge in [-0.3, -0.25) is 14.9 Å². The number of nitro groups is 1. The van der Waals surface area contributed by atoms with Crippen LogP contribution >= 0.6 is 0 Å². The Labute approximate surface area is 149 Å². The molecule has 1 N–H and O–H groups in total. The molecule has 0 bridgehead atoms. The van der Waals surface area contributed by atoms with Crippen LogP contribution in [0.5, 0.6) is 0 Å². The number of rotatable bonds is 5. The fourth-order valence-corrected chi connectivity index (χ4v) is 2.61. The molecule has 0 fully saturated rings. The van der Waals surface area contributed by atoms with Crippen molar-refractivity contribution in [3.8, 4) is 0 Å². The maximum absolute atomic E-state index is 13.2. The van der Waals surface area contributed by atoms with Gasteiger partial charge in [0, 0.05) is 17.7 Å². The van der Waals surface area contributed by atoms with Gasteiger partial charge < -0.3 is 5.32 Å². The number of hydrogen-bond acceptors (Lipinski definition) is 3. The van der Waals surface area contributed by atoms with E-state index in [0.717, 1.165) is 11.1 Å². The Morgan fingerprint density at radius 2 is 1.46 bits per heavy atom. The van der Waals surface area contributed by atoms with Crippen LogP contribution in [0.4, 0.5) is 10.1 Å². The Morgan fingerprint density at radius 1 is 0.885 bits per heavy atom. The Kier molecular flexibility index (Phi) is 5.03. The number of amides is 1. The van der Waals surface area contributed by atoms with Crippen molar-refractivity contribution >= 4 is 11.6 Å². The van der Waals surface area contributed by atoms with E-state index in [1.165, 1.54) is 36.4 Å². The molecule has 5 nitrogen and oxygen atoms in total. The van der Waals surface area contributed by atoms with E-state index in [0.29, 0.717) is 5.56 Å². The fraction of sp³-hybridized carbons (Fsp3) is 0.0500. The van der Waals surface area contributed by atoms with E-state index < -0.39 is 11.0 Å². The van der Waals surface area contributed by atoms with E-state index in [4.69, 9.17) is 0 Å². The molecule has 1 amide bonds. The summed E-state index contributed by atoms with van der Waals surface area (Å²) in [6.45, 7) is 0. The van der Waals surface area contributed by atoms with E-state index in [1.807, 2.05) is 30.3 Å². The first-order chi connectivity index (χ1) is 12.5. The Hall–Kier alpha value is -3.54. The SMILES string of the molecule is O=C(NC(c1ccccc1)c1ccc(F)cc1)c1ccc([N+](=O)[O-])cc1. The van der Waals surface area contributed by atoms with Gasteiger partial charge in [-0.05, 0) is 35.4 Å². The third kappa shape index (κ3) is 3.92. The second-order valence-electron chi connectivity index (χ2n) is 5.67. The van der Waals surface area contributed by atoms with Crippen LogP contribution in [0.25, 0.3) is 0 Å². The van der Waals surface area contributed by atoms with Crippen molar-refractivity contribution in [3.05, 3.63) is 111 Å². The normalized spacial score (nSPS) is 11.6. The van der Waals surface area contributed by atoms with Gasteiger partial charge in [0.15, 0.2) is 0 Å². The number of nitro benzene ring substituents is 1. The molecule has 3 aromatic carbocycles. The summed E-state index contributed by atoms with van der Waals surface area (Å²) in [6, 6.07) is 20.1. The predicted molar refractivity (Wildman–Crippen MR) is 95.2 cm³/mol. The van der Waals surface area contributed by atoms with Crippen molar-refractivity contribution in [1.82, 2.24) is 5.32 Å². The predicted octanol–water partition coefficient (Wildman–Crippen LogP) is 4.25. The Balaban J connectivity index is 1.89. The van der Waals surface area contributed by atoms with Crippen LogP contribution in [-0.2, 0) is 0 Å². The minimum Gasteiger partial charge on any atom is -0.341 e. The number of hydrogen-bond donors (Lipinski definition) is 1. The molecule has 0 aliphatic carbocycles. The van der Waals surface area contributed by atoms with Crippen molar-refractivity contribution < 1.29 is 14.1 Å². The van der Waals surface area contributed by atoms with Crippen LogP contribution in [0.3, 0.4) is 0 Å². The lowest BCUT2D eigenvalue weighted by molar-refractivity contribution is -0.384. The topological polar surface area (TPSA) is 72.2 Å². The highest BCUT2D eigenvalue weighted by Crippen LogP contribution is 2.23. The summed E-state index contributed by atoms with van der Waals surface area (Å²) >= 11 is 0. The first-order valence-corrected chi connectivity index (χ1v) is 7.90. The highest BCUT2D eigenvalue weighted by molar-refractivity contribution is 5.94. The van der Waals surface area contributed by atoms with Crippen molar-refractivity contribution in [2.24, 2.45) is 0 Å². The van der Waals surface area contributed by atoms with Gasteiger partial charge in [-0.15, -0.1) is 0 Å². The van der Waals surface area contributed by atoms with Crippen molar-refractivity contribution in [1.29, 1.82) is 0 Å². The highest BCUT2D eigenvalue weighted by atomic mass is 19.1. The van der Waals surface area contributed by atoms with Gasteiger partial charge in [0.1, 0.15) is 5.82 Å². The number of non-ortho nitro benzene ring substituents is 1. The van der Waals surface area contributed by atoms with Crippen LogP contribution < -0.4 is 5.32 Å². The zero-order chi connectivity index (χ0) is 18.5. The number of halogens is 1. The maximum atomic E-state index is 13.2. The molecule has 0 aromatic heterocycles. The Morgan fingerprint density at radius 3 is 2.04 bits per heavy atom. The molecule has 1 atom stereocenters. The lowest BCUT2D eigenvalue weighted by Gasteiger charge is -2.20. The average molecular weight is 350 g/mol. The lowest BCUT2D eigenvalue weighted by Crippen LogP contribution is -2.29. The summed E-state index contributed by atoms with van der Waals surface area (Å²) in [5.74, 6) is -0.736. The number of benzene rings is 3. The standard InChI is InChI=1S/C20H15FN2O3/c21-17-10-6-15(7-11-17)19(14-4-2-1-3-5-14)22-20(24)16-8-12-18(13-9-16)23(25)26/h1-13,19H,(H,22,24). The van der Waals surface area contributed by atoms with E-state index in [9.17, 15) is 19.3 Å². The van der Waals surface area contributed by atoms with E-state index in [2.05, 4.69) is 5.32 Å². The fourth-order valence-electron chi connectivity index (χ4n) is 2.61. The van der Waals surface area contributed by atoms with Gasteiger partial charge in [-0.1, -0.05) is 42.5 Å². The molecule has 0 saturated carbocycles. The molecule has 3 aromatic rings. The average Bonchev–Trinajstić information content (AvgIpc) is 2.67. The van der Waals surface area contributed by atoms with Crippen molar-refractivity contribution in [2.75, 3.05) is 0 Å². The largest absolute Gasteiger partial charge is 0.341 e.